The van der Waals surface area contributed by atoms with E-state index < -0.39 is 17.8 Å². The summed E-state index contributed by atoms with van der Waals surface area (Å²) in [5.74, 6) is -0.813. The summed E-state index contributed by atoms with van der Waals surface area (Å²) in [5.41, 5.74) is -0.463. The van der Waals surface area contributed by atoms with Crippen LogP contribution in [0.25, 0.3) is 0 Å². The van der Waals surface area contributed by atoms with Crippen molar-refractivity contribution in [3.05, 3.63) is 35.1 Å². The summed E-state index contributed by atoms with van der Waals surface area (Å²) in [7, 11) is 0. The molecule has 0 amide bonds. The second kappa shape index (κ2) is 5.08. The molecule has 1 atom stereocenters. The first-order valence-corrected chi connectivity index (χ1v) is 5.56. The Balaban J connectivity index is 3.02. The van der Waals surface area contributed by atoms with E-state index >= 15 is 0 Å². The Labute approximate surface area is 100 Å². The summed E-state index contributed by atoms with van der Waals surface area (Å²) in [4.78, 5) is 0. The fourth-order valence-corrected chi connectivity index (χ4v) is 1.80. The Bertz CT molecular complexity index is 383. The van der Waals surface area contributed by atoms with Crippen LogP contribution < -0.4 is 5.32 Å². The molecule has 1 rings (SSSR count). The van der Waals surface area contributed by atoms with Gasteiger partial charge in [-0.25, -0.2) is 13.2 Å². The zero-order valence-electron chi connectivity index (χ0n) is 10.5. The summed E-state index contributed by atoms with van der Waals surface area (Å²) < 4.78 is 38.9. The molecule has 1 N–H and O–H groups in total. The average Bonchev–Trinajstić information content (AvgIpc) is 2.14. The van der Waals surface area contributed by atoms with Crippen LogP contribution in [0.5, 0.6) is 0 Å². The highest BCUT2D eigenvalue weighted by Gasteiger charge is 2.21. The molecular weight excluding hydrogens is 227 g/mol. The van der Waals surface area contributed by atoms with E-state index in [1.807, 2.05) is 20.8 Å². The highest BCUT2D eigenvalue weighted by molar-refractivity contribution is 5.29. The normalized spacial score (nSPS) is 14.1. The summed E-state index contributed by atoms with van der Waals surface area (Å²) in [6.07, 6.45) is -2.78. The SMILES string of the molecule is C[C@H](NC(C)(C)C)c1cccc(C(F)F)c1F. The molecule has 4 heteroatoms. The van der Waals surface area contributed by atoms with Gasteiger partial charge in [0.2, 0.25) is 0 Å². The van der Waals surface area contributed by atoms with Gasteiger partial charge in [0, 0.05) is 17.1 Å². The van der Waals surface area contributed by atoms with Gasteiger partial charge >= 0.3 is 0 Å². The lowest BCUT2D eigenvalue weighted by Crippen LogP contribution is -2.38. The molecule has 0 radical (unpaired) electrons. The van der Waals surface area contributed by atoms with Crippen LogP contribution in [-0.4, -0.2) is 5.54 Å². The average molecular weight is 245 g/mol. The standard InChI is InChI=1S/C13H18F3N/c1-8(17-13(2,3)4)9-6-5-7-10(11(9)14)12(15)16/h5-8,12,17H,1-4H3/t8-/m0/s1. The van der Waals surface area contributed by atoms with Gasteiger partial charge in [0.25, 0.3) is 6.43 Å². The first kappa shape index (κ1) is 14.0. The topological polar surface area (TPSA) is 12.0 Å². The summed E-state index contributed by atoms with van der Waals surface area (Å²) in [5, 5.41) is 3.16. The van der Waals surface area contributed by atoms with E-state index in [1.54, 1.807) is 6.92 Å². The van der Waals surface area contributed by atoms with E-state index in [2.05, 4.69) is 5.32 Å². The van der Waals surface area contributed by atoms with Crippen molar-refractivity contribution in [1.82, 2.24) is 5.32 Å². The Kier molecular flexibility index (Phi) is 4.20. The molecule has 0 aliphatic carbocycles. The molecule has 0 aliphatic heterocycles. The van der Waals surface area contributed by atoms with Gasteiger partial charge in [0.15, 0.2) is 0 Å². The third-order valence-corrected chi connectivity index (χ3v) is 2.41. The minimum absolute atomic E-state index is 0.202. The molecule has 0 saturated carbocycles. The van der Waals surface area contributed by atoms with Crippen LogP contribution in [-0.2, 0) is 0 Å². The second-order valence-corrected chi connectivity index (χ2v) is 5.17. The summed E-state index contributed by atoms with van der Waals surface area (Å²) in [6, 6.07) is 3.80. The number of hydrogen-bond donors (Lipinski definition) is 1. The van der Waals surface area contributed by atoms with E-state index in [-0.39, 0.29) is 17.1 Å². The van der Waals surface area contributed by atoms with Gasteiger partial charge in [-0.1, -0.05) is 18.2 Å². The van der Waals surface area contributed by atoms with Gasteiger partial charge in [0.1, 0.15) is 5.82 Å². The molecule has 1 aromatic rings. The number of alkyl halides is 2. The monoisotopic (exact) mass is 245 g/mol. The molecule has 17 heavy (non-hydrogen) atoms. The Morgan fingerprint density at radius 3 is 2.12 bits per heavy atom. The summed E-state index contributed by atoms with van der Waals surface area (Å²) >= 11 is 0. The third-order valence-electron chi connectivity index (χ3n) is 2.41. The predicted molar refractivity (Wildman–Crippen MR) is 62.7 cm³/mol. The van der Waals surface area contributed by atoms with Gasteiger partial charge in [0.05, 0.1) is 5.56 Å². The summed E-state index contributed by atoms with van der Waals surface area (Å²) in [6.45, 7) is 7.59. The predicted octanol–water partition coefficient (Wildman–Crippen LogP) is 4.21. The van der Waals surface area contributed by atoms with Crippen molar-refractivity contribution in [2.75, 3.05) is 0 Å². The molecular formula is C13H18F3N. The van der Waals surface area contributed by atoms with Crippen molar-refractivity contribution in [3.63, 3.8) is 0 Å². The molecule has 0 saturated heterocycles. The second-order valence-electron chi connectivity index (χ2n) is 5.17. The van der Waals surface area contributed by atoms with Gasteiger partial charge < -0.3 is 5.32 Å². The number of rotatable bonds is 3. The minimum Gasteiger partial charge on any atom is -0.305 e. The van der Waals surface area contributed by atoms with E-state index in [0.29, 0.717) is 0 Å². The molecule has 1 aromatic carbocycles. The van der Waals surface area contributed by atoms with Crippen molar-refractivity contribution in [1.29, 1.82) is 0 Å². The Morgan fingerprint density at radius 1 is 1.12 bits per heavy atom. The quantitative estimate of drug-likeness (QED) is 0.841. The lowest BCUT2D eigenvalue weighted by atomic mass is 10.0. The van der Waals surface area contributed by atoms with Crippen LogP contribution >= 0.6 is 0 Å². The molecule has 0 aliphatic rings. The molecule has 0 spiro atoms. The first-order chi connectivity index (χ1) is 7.72. The maximum absolute atomic E-state index is 13.8. The number of hydrogen-bond acceptors (Lipinski definition) is 1. The van der Waals surface area contributed by atoms with Crippen LogP contribution in [0.2, 0.25) is 0 Å². The van der Waals surface area contributed by atoms with Crippen LogP contribution in [0.4, 0.5) is 13.2 Å². The number of nitrogens with one attached hydrogen (secondary N) is 1. The van der Waals surface area contributed by atoms with Gasteiger partial charge in [-0.15, -0.1) is 0 Å². The minimum atomic E-state index is -2.78. The molecule has 1 nitrogen and oxygen atoms in total. The van der Waals surface area contributed by atoms with Crippen LogP contribution in [0, 0.1) is 5.82 Å². The van der Waals surface area contributed by atoms with Gasteiger partial charge in [-0.05, 0) is 27.7 Å². The zero-order chi connectivity index (χ0) is 13.2. The highest BCUT2D eigenvalue weighted by atomic mass is 19.3. The van der Waals surface area contributed by atoms with Crippen molar-refractivity contribution < 1.29 is 13.2 Å². The largest absolute Gasteiger partial charge is 0.305 e. The molecule has 0 bridgehead atoms. The van der Waals surface area contributed by atoms with Crippen molar-refractivity contribution in [2.45, 2.75) is 45.7 Å². The molecule has 0 heterocycles. The van der Waals surface area contributed by atoms with Crippen LogP contribution in [0.15, 0.2) is 18.2 Å². The van der Waals surface area contributed by atoms with Crippen molar-refractivity contribution >= 4 is 0 Å². The number of benzene rings is 1. The maximum atomic E-state index is 13.8. The highest BCUT2D eigenvalue weighted by Crippen LogP contribution is 2.27. The first-order valence-electron chi connectivity index (χ1n) is 5.56. The molecule has 96 valence electrons. The lowest BCUT2D eigenvalue weighted by molar-refractivity contribution is 0.146. The zero-order valence-corrected chi connectivity index (χ0v) is 10.5. The van der Waals surface area contributed by atoms with Crippen molar-refractivity contribution in [2.24, 2.45) is 0 Å². The molecule has 0 unspecified atom stereocenters. The van der Waals surface area contributed by atoms with E-state index in [4.69, 9.17) is 0 Å². The molecule has 0 aromatic heterocycles. The molecule has 0 fully saturated rings. The van der Waals surface area contributed by atoms with E-state index in [0.717, 1.165) is 6.07 Å². The smallest absolute Gasteiger partial charge is 0.266 e. The maximum Gasteiger partial charge on any atom is 0.266 e. The van der Waals surface area contributed by atoms with Crippen LogP contribution in [0.1, 0.15) is 51.3 Å². The van der Waals surface area contributed by atoms with E-state index in [1.165, 1.54) is 12.1 Å². The number of halogens is 3. The Morgan fingerprint density at radius 2 is 1.65 bits per heavy atom. The van der Waals surface area contributed by atoms with Crippen LogP contribution in [0.3, 0.4) is 0 Å². The third kappa shape index (κ3) is 3.73. The van der Waals surface area contributed by atoms with Gasteiger partial charge in [-0.2, -0.15) is 0 Å². The Hall–Kier alpha value is -1.03. The van der Waals surface area contributed by atoms with E-state index in [9.17, 15) is 13.2 Å². The lowest BCUT2D eigenvalue weighted by Gasteiger charge is -2.27. The fourth-order valence-electron chi connectivity index (χ4n) is 1.80. The van der Waals surface area contributed by atoms with Gasteiger partial charge in [-0.3, -0.25) is 0 Å². The fraction of sp³-hybridized carbons (Fsp3) is 0.538. The van der Waals surface area contributed by atoms with Crippen molar-refractivity contribution in [3.8, 4) is 0 Å².